The molecule has 1 aromatic rings. The van der Waals surface area contributed by atoms with Crippen molar-refractivity contribution in [3.63, 3.8) is 0 Å². The summed E-state index contributed by atoms with van der Waals surface area (Å²) in [6, 6.07) is 7.49. The Kier molecular flexibility index (Phi) is 4.55. The van der Waals surface area contributed by atoms with Crippen molar-refractivity contribution in [1.29, 1.82) is 0 Å². The first-order valence-electron chi connectivity index (χ1n) is 6.75. The van der Waals surface area contributed by atoms with Crippen LogP contribution < -0.4 is 4.90 Å². The third kappa shape index (κ3) is 3.87. The number of benzene rings is 1. The summed E-state index contributed by atoms with van der Waals surface area (Å²) in [5.41, 5.74) is 0.626. The third-order valence-electron chi connectivity index (χ3n) is 3.56. The van der Waals surface area contributed by atoms with Crippen LogP contribution in [-0.2, 0) is 9.53 Å². The van der Waals surface area contributed by atoms with Gasteiger partial charge in [0.1, 0.15) is 6.54 Å². The molecule has 2 rings (SSSR count). The Bertz CT molecular complexity index is 490. The number of nitrogens with zero attached hydrogens (tertiary/aromatic N) is 1. The number of rotatable bonds is 4. The number of hydrogen-bond donors (Lipinski definition) is 1. The van der Waals surface area contributed by atoms with E-state index >= 15 is 0 Å². The maximum atomic E-state index is 11.2. The van der Waals surface area contributed by atoms with E-state index in [0.29, 0.717) is 11.6 Å². The van der Waals surface area contributed by atoms with Crippen LogP contribution in [0, 0.1) is 0 Å². The molecule has 20 heavy (non-hydrogen) atoms. The number of hydrogen-bond acceptors (Lipinski definition) is 3. The third-order valence-corrected chi connectivity index (χ3v) is 3.79. The molecule has 0 bridgehead atoms. The fourth-order valence-electron chi connectivity index (χ4n) is 2.70. The SMILES string of the molecule is CC1(C)CC(N(CC(=O)O)c2cccc(Cl)c2)CCO1. The molecule has 0 aromatic heterocycles. The van der Waals surface area contributed by atoms with E-state index < -0.39 is 5.97 Å². The molecular formula is C15H20ClNO3. The van der Waals surface area contributed by atoms with Gasteiger partial charge < -0.3 is 14.7 Å². The molecular weight excluding hydrogens is 278 g/mol. The second-order valence-corrected chi connectivity index (χ2v) is 6.19. The molecule has 4 nitrogen and oxygen atoms in total. The molecule has 0 aliphatic carbocycles. The Labute approximate surface area is 124 Å². The second-order valence-electron chi connectivity index (χ2n) is 5.76. The van der Waals surface area contributed by atoms with Crippen LogP contribution >= 0.6 is 11.6 Å². The zero-order valence-corrected chi connectivity index (χ0v) is 12.6. The summed E-state index contributed by atoms with van der Waals surface area (Å²) in [6.45, 7) is 4.70. The summed E-state index contributed by atoms with van der Waals surface area (Å²) in [5.74, 6) is -0.839. The Morgan fingerprint density at radius 1 is 1.55 bits per heavy atom. The van der Waals surface area contributed by atoms with Crippen LogP contribution in [0.25, 0.3) is 0 Å². The van der Waals surface area contributed by atoms with Crippen molar-refractivity contribution >= 4 is 23.3 Å². The van der Waals surface area contributed by atoms with Gasteiger partial charge >= 0.3 is 5.97 Å². The average Bonchev–Trinajstić information content (AvgIpc) is 2.34. The first kappa shape index (κ1) is 15.1. The van der Waals surface area contributed by atoms with E-state index in [1.807, 2.05) is 36.9 Å². The van der Waals surface area contributed by atoms with Crippen molar-refractivity contribution in [1.82, 2.24) is 0 Å². The highest BCUT2D eigenvalue weighted by Gasteiger charge is 2.33. The Morgan fingerprint density at radius 2 is 2.30 bits per heavy atom. The fourth-order valence-corrected chi connectivity index (χ4v) is 2.88. The van der Waals surface area contributed by atoms with Gasteiger partial charge in [-0.05, 0) is 44.9 Å². The maximum absolute atomic E-state index is 11.2. The van der Waals surface area contributed by atoms with Crippen LogP contribution in [0.4, 0.5) is 5.69 Å². The molecule has 1 saturated heterocycles. The quantitative estimate of drug-likeness (QED) is 0.927. The van der Waals surface area contributed by atoms with Gasteiger partial charge in [0.25, 0.3) is 0 Å². The summed E-state index contributed by atoms with van der Waals surface area (Å²) in [4.78, 5) is 13.1. The summed E-state index contributed by atoms with van der Waals surface area (Å²) in [7, 11) is 0. The molecule has 5 heteroatoms. The molecule has 0 amide bonds. The summed E-state index contributed by atoms with van der Waals surface area (Å²) in [5, 5.41) is 9.78. The first-order chi connectivity index (χ1) is 9.37. The maximum Gasteiger partial charge on any atom is 0.323 e. The molecule has 1 aliphatic rings. The summed E-state index contributed by atoms with van der Waals surface area (Å²) < 4.78 is 5.71. The lowest BCUT2D eigenvalue weighted by Crippen LogP contribution is -2.48. The highest BCUT2D eigenvalue weighted by molar-refractivity contribution is 6.30. The molecule has 1 fully saturated rings. The molecule has 0 spiro atoms. The van der Waals surface area contributed by atoms with Crippen molar-refractivity contribution < 1.29 is 14.6 Å². The van der Waals surface area contributed by atoms with Crippen molar-refractivity contribution in [2.45, 2.75) is 38.3 Å². The Morgan fingerprint density at radius 3 is 2.90 bits per heavy atom. The fraction of sp³-hybridized carbons (Fsp3) is 0.533. The van der Waals surface area contributed by atoms with Crippen molar-refractivity contribution in [3.05, 3.63) is 29.3 Å². The Hall–Kier alpha value is -1.26. The van der Waals surface area contributed by atoms with Gasteiger partial charge in [0.05, 0.1) is 5.60 Å². The largest absolute Gasteiger partial charge is 0.480 e. The lowest BCUT2D eigenvalue weighted by molar-refractivity contribution is -0.135. The predicted octanol–water partition coefficient (Wildman–Crippen LogP) is 3.19. The van der Waals surface area contributed by atoms with Gasteiger partial charge in [0.15, 0.2) is 0 Å². The number of ether oxygens (including phenoxy) is 1. The van der Waals surface area contributed by atoms with Gasteiger partial charge in [-0.2, -0.15) is 0 Å². The van der Waals surface area contributed by atoms with Crippen LogP contribution in [0.2, 0.25) is 5.02 Å². The number of anilines is 1. The molecule has 0 saturated carbocycles. The van der Waals surface area contributed by atoms with Crippen LogP contribution in [-0.4, -0.2) is 35.9 Å². The monoisotopic (exact) mass is 297 g/mol. The van der Waals surface area contributed by atoms with Gasteiger partial charge in [-0.1, -0.05) is 17.7 Å². The molecule has 1 N–H and O–H groups in total. The topological polar surface area (TPSA) is 49.8 Å². The highest BCUT2D eigenvalue weighted by Crippen LogP contribution is 2.31. The van der Waals surface area contributed by atoms with Crippen LogP contribution in [0.3, 0.4) is 0 Å². The van der Waals surface area contributed by atoms with E-state index in [0.717, 1.165) is 18.5 Å². The summed E-state index contributed by atoms with van der Waals surface area (Å²) >= 11 is 6.02. The minimum atomic E-state index is -0.839. The number of carboxylic acids is 1. The van der Waals surface area contributed by atoms with E-state index in [1.54, 1.807) is 6.07 Å². The van der Waals surface area contributed by atoms with E-state index in [1.165, 1.54) is 0 Å². The average molecular weight is 298 g/mol. The molecule has 0 radical (unpaired) electrons. The second kappa shape index (κ2) is 6.02. The summed E-state index contributed by atoms with van der Waals surface area (Å²) in [6.07, 6.45) is 1.62. The predicted molar refractivity (Wildman–Crippen MR) is 79.5 cm³/mol. The minimum Gasteiger partial charge on any atom is -0.480 e. The van der Waals surface area contributed by atoms with Gasteiger partial charge in [-0.25, -0.2) is 0 Å². The van der Waals surface area contributed by atoms with Gasteiger partial charge in [-0.15, -0.1) is 0 Å². The van der Waals surface area contributed by atoms with E-state index in [9.17, 15) is 4.79 Å². The number of carbonyl (C=O) groups is 1. The van der Waals surface area contributed by atoms with Crippen LogP contribution in [0.1, 0.15) is 26.7 Å². The van der Waals surface area contributed by atoms with Crippen molar-refractivity contribution in [2.75, 3.05) is 18.1 Å². The Balaban J connectivity index is 2.25. The van der Waals surface area contributed by atoms with E-state index in [4.69, 9.17) is 21.4 Å². The number of aliphatic carboxylic acids is 1. The van der Waals surface area contributed by atoms with E-state index in [-0.39, 0.29) is 18.2 Å². The van der Waals surface area contributed by atoms with Crippen molar-refractivity contribution in [2.24, 2.45) is 0 Å². The zero-order valence-electron chi connectivity index (χ0n) is 11.8. The van der Waals surface area contributed by atoms with Crippen LogP contribution in [0.5, 0.6) is 0 Å². The van der Waals surface area contributed by atoms with Crippen molar-refractivity contribution in [3.8, 4) is 0 Å². The zero-order chi connectivity index (χ0) is 14.8. The molecule has 1 aliphatic heterocycles. The minimum absolute atomic E-state index is 0.0267. The highest BCUT2D eigenvalue weighted by atomic mass is 35.5. The smallest absolute Gasteiger partial charge is 0.323 e. The number of halogens is 1. The van der Waals surface area contributed by atoms with Gasteiger partial charge in [0, 0.05) is 23.4 Å². The lowest BCUT2D eigenvalue weighted by atomic mass is 9.92. The van der Waals surface area contributed by atoms with Gasteiger partial charge in [-0.3, -0.25) is 4.79 Å². The molecule has 1 unspecified atom stereocenters. The normalized spacial score (nSPS) is 21.4. The van der Waals surface area contributed by atoms with E-state index in [2.05, 4.69) is 0 Å². The first-order valence-corrected chi connectivity index (χ1v) is 7.13. The lowest BCUT2D eigenvalue weighted by Gasteiger charge is -2.41. The number of carboxylic acid groups (broad SMARTS) is 1. The molecule has 1 heterocycles. The molecule has 1 atom stereocenters. The molecule has 110 valence electrons. The molecule has 1 aromatic carbocycles. The van der Waals surface area contributed by atoms with Gasteiger partial charge in [0.2, 0.25) is 0 Å². The van der Waals surface area contributed by atoms with Crippen LogP contribution in [0.15, 0.2) is 24.3 Å². The standard InChI is InChI=1S/C15H20ClNO3/c1-15(2)9-13(6-7-20-15)17(10-14(18)19)12-5-3-4-11(16)8-12/h3-5,8,13H,6-7,9-10H2,1-2H3,(H,18,19).